The molecule has 1 aliphatic rings. The first kappa shape index (κ1) is 10.4. The van der Waals surface area contributed by atoms with Crippen LogP contribution >= 0.6 is 15.9 Å². The molecule has 3 heteroatoms. The van der Waals surface area contributed by atoms with Crippen molar-refractivity contribution in [1.82, 2.24) is 4.57 Å². The molecule has 0 spiro atoms. The lowest BCUT2D eigenvalue weighted by Crippen LogP contribution is -2.13. The third-order valence-corrected chi connectivity index (χ3v) is 3.65. The summed E-state index contributed by atoms with van der Waals surface area (Å²) in [4.78, 5) is 0. The van der Waals surface area contributed by atoms with Gasteiger partial charge in [0.2, 0.25) is 0 Å². The molecule has 1 aromatic carbocycles. The molecule has 84 valence electrons. The molecule has 0 aliphatic carbocycles. The van der Waals surface area contributed by atoms with Crippen LogP contribution in [0.15, 0.2) is 34.9 Å². The average molecular weight is 280 g/mol. The quantitative estimate of drug-likeness (QED) is 0.820. The fourth-order valence-electron chi connectivity index (χ4n) is 2.34. The van der Waals surface area contributed by atoms with Crippen LogP contribution in [-0.2, 0) is 11.3 Å². The highest BCUT2D eigenvalue weighted by Crippen LogP contribution is 2.23. The van der Waals surface area contributed by atoms with Crippen LogP contribution in [0.25, 0.3) is 10.9 Å². The molecule has 0 bridgehead atoms. The average Bonchev–Trinajstić information content (AvgIpc) is 2.89. The molecular weight excluding hydrogens is 266 g/mol. The van der Waals surface area contributed by atoms with Crippen LogP contribution in [-0.4, -0.2) is 17.3 Å². The number of fused-ring (bicyclic) bond motifs is 1. The van der Waals surface area contributed by atoms with Crippen molar-refractivity contribution in [1.29, 1.82) is 0 Å². The Kier molecular flexibility index (Phi) is 2.74. The number of nitrogens with zero attached hydrogens (tertiary/aromatic N) is 1. The van der Waals surface area contributed by atoms with Gasteiger partial charge in [-0.1, -0.05) is 15.9 Å². The first-order valence-electron chi connectivity index (χ1n) is 5.69. The van der Waals surface area contributed by atoms with E-state index in [2.05, 4.69) is 51.0 Å². The first-order chi connectivity index (χ1) is 7.83. The number of benzene rings is 1. The number of hydrogen-bond acceptors (Lipinski definition) is 1. The van der Waals surface area contributed by atoms with Crippen molar-refractivity contribution in [2.75, 3.05) is 6.61 Å². The van der Waals surface area contributed by atoms with Crippen LogP contribution in [0.4, 0.5) is 0 Å². The maximum Gasteiger partial charge on any atom is 0.0754 e. The van der Waals surface area contributed by atoms with E-state index < -0.39 is 0 Å². The van der Waals surface area contributed by atoms with E-state index in [1.807, 2.05) is 0 Å². The van der Waals surface area contributed by atoms with E-state index in [1.165, 1.54) is 23.7 Å². The second kappa shape index (κ2) is 4.22. The van der Waals surface area contributed by atoms with Crippen LogP contribution in [0, 0.1) is 0 Å². The fourth-order valence-corrected chi connectivity index (χ4v) is 2.72. The van der Waals surface area contributed by atoms with E-state index in [0.29, 0.717) is 6.10 Å². The minimum Gasteiger partial charge on any atom is -0.376 e. The smallest absolute Gasteiger partial charge is 0.0754 e. The molecule has 1 unspecified atom stereocenters. The zero-order chi connectivity index (χ0) is 11.0. The number of rotatable bonds is 2. The van der Waals surface area contributed by atoms with Gasteiger partial charge in [0, 0.05) is 34.7 Å². The SMILES string of the molecule is Brc1ccc2c(ccn2CC2CCCO2)c1. The molecular formula is C13H14BrNO. The number of ether oxygens (including phenoxy) is 1. The van der Waals surface area contributed by atoms with Crippen LogP contribution < -0.4 is 0 Å². The normalized spacial score (nSPS) is 20.7. The molecule has 2 heterocycles. The van der Waals surface area contributed by atoms with E-state index in [-0.39, 0.29) is 0 Å². The summed E-state index contributed by atoms with van der Waals surface area (Å²) in [7, 11) is 0. The van der Waals surface area contributed by atoms with Crippen LogP contribution in [0.5, 0.6) is 0 Å². The molecule has 3 rings (SSSR count). The molecule has 0 radical (unpaired) electrons. The van der Waals surface area contributed by atoms with Crippen molar-refractivity contribution in [3.8, 4) is 0 Å². The van der Waals surface area contributed by atoms with E-state index in [4.69, 9.17) is 4.74 Å². The molecule has 1 aliphatic heterocycles. The predicted octanol–water partition coefficient (Wildman–Crippen LogP) is 3.58. The van der Waals surface area contributed by atoms with Crippen molar-refractivity contribution in [2.45, 2.75) is 25.5 Å². The number of hydrogen-bond donors (Lipinski definition) is 0. The van der Waals surface area contributed by atoms with E-state index in [9.17, 15) is 0 Å². The van der Waals surface area contributed by atoms with Crippen LogP contribution in [0.2, 0.25) is 0 Å². The molecule has 1 saturated heterocycles. The van der Waals surface area contributed by atoms with Gasteiger partial charge in [0.05, 0.1) is 6.10 Å². The van der Waals surface area contributed by atoms with Crippen molar-refractivity contribution < 1.29 is 4.74 Å². The minimum atomic E-state index is 0.402. The highest BCUT2D eigenvalue weighted by atomic mass is 79.9. The maximum atomic E-state index is 5.67. The summed E-state index contributed by atoms with van der Waals surface area (Å²) in [5, 5.41) is 1.28. The Morgan fingerprint density at radius 2 is 2.31 bits per heavy atom. The Labute approximate surface area is 103 Å². The van der Waals surface area contributed by atoms with Crippen molar-refractivity contribution in [2.24, 2.45) is 0 Å². The molecule has 16 heavy (non-hydrogen) atoms. The van der Waals surface area contributed by atoms with Gasteiger partial charge < -0.3 is 9.30 Å². The largest absolute Gasteiger partial charge is 0.376 e. The molecule has 1 fully saturated rings. The highest BCUT2D eigenvalue weighted by molar-refractivity contribution is 9.10. The predicted molar refractivity (Wildman–Crippen MR) is 68.6 cm³/mol. The summed E-state index contributed by atoms with van der Waals surface area (Å²) < 4.78 is 9.09. The van der Waals surface area contributed by atoms with Gasteiger partial charge in [-0.25, -0.2) is 0 Å². The lowest BCUT2D eigenvalue weighted by atomic mass is 10.2. The van der Waals surface area contributed by atoms with Gasteiger partial charge in [0.15, 0.2) is 0 Å². The summed E-state index contributed by atoms with van der Waals surface area (Å²) in [5.41, 5.74) is 1.29. The third kappa shape index (κ3) is 1.89. The lowest BCUT2D eigenvalue weighted by Gasteiger charge is -2.11. The first-order valence-corrected chi connectivity index (χ1v) is 6.48. The molecule has 0 saturated carbocycles. The van der Waals surface area contributed by atoms with E-state index >= 15 is 0 Å². The standard InChI is InChI=1S/C13H14BrNO/c14-11-3-4-13-10(8-11)5-6-15(13)9-12-2-1-7-16-12/h3-6,8,12H,1-2,7,9H2. The Morgan fingerprint density at radius 3 is 3.12 bits per heavy atom. The zero-order valence-corrected chi connectivity index (χ0v) is 10.6. The maximum absolute atomic E-state index is 5.67. The van der Waals surface area contributed by atoms with Gasteiger partial charge in [0.1, 0.15) is 0 Å². The second-order valence-electron chi connectivity index (χ2n) is 4.31. The fraction of sp³-hybridized carbons (Fsp3) is 0.385. The van der Waals surface area contributed by atoms with Gasteiger partial charge >= 0.3 is 0 Å². The Morgan fingerprint density at radius 1 is 1.38 bits per heavy atom. The Balaban J connectivity index is 1.91. The van der Waals surface area contributed by atoms with Crippen molar-refractivity contribution >= 4 is 26.8 Å². The van der Waals surface area contributed by atoms with Crippen LogP contribution in [0.1, 0.15) is 12.8 Å². The van der Waals surface area contributed by atoms with Gasteiger partial charge in [-0.05, 0) is 37.1 Å². The molecule has 1 aromatic heterocycles. The summed E-state index contributed by atoms with van der Waals surface area (Å²) >= 11 is 3.50. The molecule has 2 aromatic rings. The van der Waals surface area contributed by atoms with Gasteiger partial charge in [-0.15, -0.1) is 0 Å². The van der Waals surface area contributed by atoms with Crippen molar-refractivity contribution in [3.63, 3.8) is 0 Å². The van der Waals surface area contributed by atoms with E-state index in [0.717, 1.165) is 17.6 Å². The zero-order valence-electron chi connectivity index (χ0n) is 9.03. The minimum absolute atomic E-state index is 0.402. The monoisotopic (exact) mass is 279 g/mol. The topological polar surface area (TPSA) is 14.2 Å². The van der Waals surface area contributed by atoms with Gasteiger partial charge in [-0.2, -0.15) is 0 Å². The summed E-state index contributed by atoms with van der Waals surface area (Å²) in [5.74, 6) is 0. The molecule has 1 atom stereocenters. The van der Waals surface area contributed by atoms with Gasteiger partial charge in [-0.3, -0.25) is 0 Å². The molecule has 0 amide bonds. The Hall–Kier alpha value is -0.800. The third-order valence-electron chi connectivity index (χ3n) is 3.16. The van der Waals surface area contributed by atoms with Crippen molar-refractivity contribution in [3.05, 3.63) is 34.9 Å². The lowest BCUT2D eigenvalue weighted by molar-refractivity contribution is 0.0980. The summed E-state index contributed by atoms with van der Waals surface area (Å²) in [6, 6.07) is 8.57. The number of aromatic nitrogens is 1. The van der Waals surface area contributed by atoms with Gasteiger partial charge in [0.25, 0.3) is 0 Å². The highest BCUT2D eigenvalue weighted by Gasteiger charge is 2.16. The van der Waals surface area contributed by atoms with E-state index in [1.54, 1.807) is 0 Å². The molecule has 2 nitrogen and oxygen atoms in total. The summed E-state index contributed by atoms with van der Waals surface area (Å²) in [6.45, 7) is 1.90. The second-order valence-corrected chi connectivity index (χ2v) is 5.22. The number of halogens is 1. The summed E-state index contributed by atoms with van der Waals surface area (Å²) in [6.07, 6.45) is 4.95. The van der Waals surface area contributed by atoms with Crippen LogP contribution in [0.3, 0.4) is 0 Å². The molecule has 0 N–H and O–H groups in total. The Bertz CT molecular complexity index is 500.